The van der Waals surface area contributed by atoms with Crippen molar-refractivity contribution in [1.29, 1.82) is 0 Å². The third kappa shape index (κ3) is 6.14. The fourth-order valence-corrected chi connectivity index (χ4v) is 3.86. The molecule has 0 atom stereocenters. The number of nitrogens with zero attached hydrogens (tertiary/aromatic N) is 2. The maximum absolute atomic E-state index is 12.9. The smallest absolute Gasteiger partial charge is 0.330 e. The highest BCUT2D eigenvalue weighted by Crippen LogP contribution is 2.21. The van der Waals surface area contributed by atoms with Gasteiger partial charge in [0.05, 0.1) is 5.75 Å². The van der Waals surface area contributed by atoms with Crippen LogP contribution in [0.25, 0.3) is 0 Å². The topological polar surface area (TPSA) is 101 Å². The van der Waals surface area contributed by atoms with Crippen molar-refractivity contribution >= 4 is 40.8 Å². The van der Waals surface area contributed by atoms with E-state index in [2.05, 4.69) is 4.98 Å². The molecule has 0 radical (unpaired) electrons. The van der Waals surface area contributed by atoms with Gasteiger partial charge >= 0.3 is 5.69 Å². The molecule has 0 saturated heterocycles. The van der Waals surface area contributed by atoms with Crippen molar-refractivity contribution in [3.05, 3.63) is 55.7 Å². The number of unbranched alkanes of at least 4 members (excludes halogenated alkanes) is 1. The van der Waals surface area contributed by atoms with Gasteiger partial charge < -0.3 is 10.6 Å². The summed E-state index contributed by atoms with van der Waals surface area (Å²) in [5, 5.41) is 0.664. The Morgan fingerprint density at radius 2 is 1.90 bits per heavy atom. The van der Waals surface area contributed by atoms with Crippen LogP contribution in [-0.2, 0) is 17.1 Å². The summed E-state index contributed by atoms with van der Waals surface area (Å²) in [7, 11) is 0. The summed E-state index contributed by atoms with van der Waals surface area (Å²) in [5.74, 6) is 0.660. The number of carbonyl (C=O) groups excluding carboxylic acids is 1. The van der Waals surface area contributed by atoms with E-state index < -0.39 is 11.2 Å². The molecular weight excluding hydrogens is 412 g/mol. The number of hydrogen-bond acceptors (Lipinski definition) is 5. The summed E-state index contributed by atoms with van der Waals surface area (Å²) in [5.41, 5.74) is 6.07. The van der Waals surface area contributed by atoms with E-state index in [0.29, 0.717) is 30.3 Å². The van der Waals surface area contributed by atoms with E-state index >= 15 is 0 Å². The molecule has 0 aliphatic carbocycles. The number of benzene rings is 1. The molecule has 0 aliphatic heterocycles. The van der Waals surface area contributed by atoms with Crippen molar-refractivity contribution in [2.75, 3.05) is 22.9 Å². The van der Waals surface area contributed by atoms with Gasteiger partial charge in [-0.25, -0.2) is 4.79 Å². The van der Waals surface area contributed by atoms with Gasteiger partial charge in [0.2, 0.25) is 5.91 Å². The molecule has 7 nitrogen and oxygen atoms in total. The Morgan fingerprint density at radius 1 is 1.21 bits per heavy atom. The van der Waals surface area contributed by atoms with Crippen LogP contribution in [0.15, 0.2) is 33.9 Å². The molecule has 9 heteroatoms. The first-order chi connectivity index (χ1) is 13.9. The van der Waals surface area contributed by atoms with Crippen LogP contribution in [0.1, 0.15) is 38.7 Å². The van der Waals surface area contributed by atoms with Crippen LogP contribution in [0.5, 0.6) is 0 Å². The van der Waals surface area contributed by atoms with Gasteiger partial charge in [0.25, 0.3) is 5.56 Å². The van der Waals surface area contributed by atoms with E-state index in [1.165, 1.54) is 21.2 Å². The molecule has 2 rings (SSSR count). The van der Waals surface area contributed by atoms with Crippen LogP contribution >= 0.6 is 23.4 Å². The molecule has 1 aromatic carbocycles. The number of nitrogens with one attached hydrogen (secondary N) is 1. The van der Waals surface area contributed by atoms with Gasteiger partial charge in [-0.15, -0.1) is 11.8 Å². The maximum Gasteiger partial charge on any atom is 0.330 e. The minimum atomic E-state index is -0.632. The lowest BCUT2D eigenvalue weighted by molar-refractivity contribution is -0.116. The highest BCUT2D eigenvalue weighted by atomic mass is 35.5. The number of hydrogen-bond donors (Lipinski definition) is 2. The lowest BCUT2D eigenvalue weighted by Gasteiger charge is -2.24. The van der Waals surface area contributed by atoms with Crippen LogP contribution in [-0.4, -0.2) is 27.8 Å². The zero-order chi connectivity index (χ0) is 21.4. The zero-order valence-electron chi connectivity index (χ0n) is 16.7. The van der Waals surface area contributed by atoms with Crippen LogP contribution in [0.3, 0.4) is 0 Å². The molecule has 3 N–H and O–H groups in total. The average Bonchev–Trinajstić information content (AvgIpc) is 2.69. The summed E-state index contributed by atoms with van der Waals surface area (Å²) in [4.78, 5) is 41.2. The molecule has 2 aromatic rings. The number of aromatic nitrogens is 2. The van der Waals surface area contributed by atoms with Gasteiger partial charge in [-0.2, -0.15) is 0 Å². The summed E-state index contributed by atoms with van der Waals surface area (Å²) >= 11 is 7.34. The van der Waals surface area contributed by atoms with Gasteiger partial charge in [0.15, 0.2) is 5.69 Å². The highest BCUT2D eigenvalue weighted by Gasteiger charge is 2.23. The Morgan fingerprint density at radius 3 is 2.52 bits per heavy atom. The normalized spacial score (nSPS) is 10.9. The Balaban J connectivity index is 2.23. The maximum atomic E-state index is 12.9. The Bertz CT molecular complexity index is 940. The quantitative estimate of drug-likeness (QED) is 0.592. The van der Waals surface area contributed by atoms with Crippen molar-refractivity contribution in [2.45, 2.75) is 45.4 Å². The molecule has 1 aromatic heterocycles. The monoisotopic (exact) mass is 438 g/mol. The summed E-state index contributed by atoms with van der Waals surface area (Å²) < 4.78 is 1.31. The zero-order valence-corrected chi connectivity index (χ0v) is 18.3. The third-order valence-corrected chi connectivity index (χ3v) is 5.62. The van der Waals surface area contributed by atoms with E-state index in [1.54, 1.807) is 0 Å². The van der Waals surface area contributed by atoms with E-state index in [1.807, 2.05) is 38.1 Å². The fourth-order valence-electron chi connectivity index (χ4n) is 2.88. The molecule has 0 saturated carbocycles. The van der Waals surface area contributed by atoms with Crippen LogP contribution in [0.2, 0.25) is 5.02 Å². The van der Waals surface area contributed by atoms with E-state index in [4.69, 9.17) is 17.3 Å². The van der Waals surface area contributed by atoms with Crippen LogP contribution in [0, 0.1) is 0 Å². The molecular formula is C20H27ClN4O3S. The minimum Gasteiger partial charge on any atom is -0.383 e. The van der Waals surface area contributed by atoms with Crippen LogP contribution in [0.4, 0.5) is 11.5 Å². The molecule has 0 unspecified atom stereocenters. The number of carbonyl (C=O) groups is 1. The van der Waals surface area contributed by atoms with Gasteiger partial charge in [-0.3, -0.25) is 19.1 Å². The molecule has 0 aliphatic rings. The number of anilines is 2. The van der Waals surface area contributed by atoms with Gasteiger partial charge in [-0.05, 0) is 30.5 Å². The summed E-state index contributed by atoms with van der Waals surface area (Å²) in [6.45, 7) is 4.65. The Kier molecular flexibility index (Phi) is 8.85. The summed E-state index contributed by atoms with van der Waals surface area (Å²) in [6, 6.07) is 7.45. The van der Waals surface area contributed by atoms with Crippen LogP contribution < -0.4 is 21.9 Å². The lowest BCUT2D eigenvalue weighted by atomic mass is 10.2. The summed E-state index contributed by atoms with van der Waals surface area (Å²) in [6.07, 6.45) is 2.25. The second kappa shape index (κ2) is 11.1. The van der Waals surface area contributed by atoms with Crippen molar-refractivity contribution < 1.29 is 4.79 Å². The number of thioether (sulfide) groups is 1. The Labute approximate surface area is 179 Å². The average molecular weight is 439 g/mol. The molecule has 1 amide bonds. The SMILES string of the molecule is CCCCN(C(=O)CSCc1ccc(Cl)cc1)c1c(N)n(CCC)c(=O)[nH]c1=O. The lowest BCUT2D eigenvalue weighted by Crippen LogP contribution is -2.42. The number of amides is 1. The van der Waals surface area contributed by atoms with Crippen molar-refractivity contribution in [3.8, 4) is 0 Å². The van der Waals surface area contributed by atoms with E-state index in [9.17, 15) is 14.4 Å². The molecule has 29 heavy (non-hydrogen) atoms. The van der Waals surface area contributed by atoms with E-state index in [0.717, 1.165) is 18.4 Å². The second-order valence-electron chi connectivity index (χ2n) is 6.66. The molecule has 158 valence electrons. The number of nitrogens with two attached hydrogens (primary N) is 1. The first kappa shape index (κ1) is 23.1. The molecule has 0 bridgehead atoms. The standard InChI is InChI=1S/C20H27ClN4O3S/c1-3-5-11-24(16(26)13-29-12-14-6-8-15(21)9-7-14)17-18(22)25(10-4-2)20(28)23-19(17)27/h6-9H,3-5,10-13,22H2,1-2H3,(H,23,27,28). The number of rotatable bonds is 10. The van der Waals surface area contributed by atoms with Gasteiger partial charge in [0.1, 0.15) is 5.82 Å². The first-order valence-corrected chi connectivity index (χ1v) is 11.2. The molecule has 0 spiro atoms. The predicted octanol–water partition coefficient (Wildman–Crippen LogP) is 3.25. The minimum absolute atomic E-state index is 0.0350. The van der Waals surface area contributed by atoms with E-state index in [-0.39, 0.29) is 23.2 Å². The van der Waals surface area contributed by atoms with Crippen molar-refractivity contribution in [3.63, 3.8) is 0 Å². The highest BCUT2D eigenvalue weighted by molar-refractivity contribution is 7.99. The third-order valence-electron chi connectivity index (χ3n) is 4.38. The van der Waals surface area contributed by atoms with Crippen molar-refractivity contribution in [2.24, 2.45) is 0 Å². The Hall–Kier alpha value is -2.19. The van der Waals surface area contributed by atoms with Gasteiger partial charge in [0, 0.05) is 23.9 Å². The largest absolute Gasteiger partial charge is 0.383 e. The number of nitrogen functional groups attached to an aromatic ring is 1. The number of aromatic amines is 1. The second-order valence-corrected chi connectivity index (χ2v) is 8.08. The number of halogens is 1. The molecule has 0 fully saturated rings. The van der Waals surface area contributed by atoms with Gasteiger partial charge in [-0.1, -0.05) is 44.0 Å². The first-order valence-electron chi connectivity index (χ1n) is 9.64. The van der Waals surface area contributed by atoms with Crippen molar-refractivity contribution in [1.82, 2.24) is 9.55 Å². The number of H-pyrrole nitrogens is 1. The fraction of sp³-hybridized carbons (Fsp3) is 0.450. The predicted molar refractivity (Wildman–Crippen MR) is 121 cm³/mol. The molecule has 1 heterocycles.